The predicted octanol–water partition coefficient (Wildman–Crippen LogP) is 1.65. The third-order valence-corrected chi connectivity index (χ3v) is 4.73. The minimum atomic E-state index is -0.317. The van der Waals surface area contributed by atoms with E-state index in [1.807, 2.05) is 31.2 Å². The molecular weight excluding hydrogens is 278 g/mol. The fraction of sp³-hybridized carbons (Fsp3) is 0.412. The number of nitrogens with two attached hydrogens (primary N) is 1. The number of nitrogens with one attached hydrogen (secondary N) is 1. The van der Waals surface area contributed by atoms with Crippen LogP contribution in [0.1, 0.15) is 29.3 Å². The molecule has 1 aliphatic rings. The summed E-state index contributed by atoms with van der Waals surface area (Å²) in [5, 5.41) is 0.909. The number of H-pyrrole nitrogens is 1. The molecule has 22 heavy (non-hydrogen) atoms. The number of carbonyl (C=O) groups excluding carboxylic acids is 1. The van der Waals surface area contributed by atoms with Crippen molar-refractivity contribution in [2.45, 2.75) is 20.3 Å². The zero-order chi connectivity index (χ0) is 15.9. The molecule has 116 valence electrons. The van der Waals surface area contributed by atoms with Gasteiger partial charge in [0.2, 0.25) is 0 Å². The number of benzene rings is 1. The molecule has 1 saturated heterocycles. The summed E-state index contributed by atoms with van der Waals surface area (Å²) < 4.78 is 0. The zero-order valence-electron chi connectivity index (χ0n) is 13.0. The van der Waals surface area contributed by atoms with Crippen LogP contribution in [0.25, 0.3) is 10.9 Å². The lowest BCUT2D eigenvalue weighted by Gasteiger charge is -2.23. The van der Waals surface area contributed by atoms with E-state index in [0.29, 0.717) is 19.6 Å². The number of amides is 1. The van der Waals surface area contributed by atoms with Crippen molar-refractivity contribution in [1.29, 1.82) is 0 Å². The molecule has 1 atom stereocenters. The highest BCUT2D eigenvalue weighted by Crippen LogP contribution is 2.30. The van der Waals surface area contributed by atoms with Gasteiger partial charge in [-0.1, -0.05) is 25.1 Å². The number of aromatic amines is 1. The molecule has 5 nitrogen and oxygen atoms in total. The van der Waals surface area contributed by atoms with Gasteiger partial charge in [0.1, 0.15) is 5.56 Å². The van der Waals surface area contributed by atoms with E-state index >= 15 is 0 Å². The highest BCUT2D eigenvalue weighted by atomic mass is 16.2. The third kappa shape index (κ3) is 2.31. The van der Waals surface area contributed by atoms with Crippen molar-refractivity contribution in [2.24, 2.45) is 11.1 Å². The first-order valence-electron chi connectivity index (χ1n) is 7.56. The molecule has 3 N–H and O–H groups in total. The van der Waals surface area contributed by atoms with Gasteiger partial charge in [-0.25, -0.2) is 0 Å². The second kappa shape index (κ2) is 5.25. The molecule has 3 rings (SSSR count). The van der Waals surface area contributed by atoms with Crippen LogP contribution in [-0.2, 0) is 0 Å². The van der Waals surface area contributed by atoms with Crippen molar-refractivity contribution in [2.75, 3.05) is 19.6 Å². The van der Waals surface area contributed by atoms with Gasteiger partial charge in [0.25, 0.3) is 11.5 Å². The SMILES string of the molecule is Cc1c(C(=O)N2CCC(C)(CN)C2)c(=O)[nH]c2ccccc12. The van der Waals surface area contributed by atoms with Gasteiger partial charge < -0.3 is 15.6 Å². The molecule has 1 aliphatic heterocycles. The number of fused-ring (bicyclic) bond motifs is 1. The molecule has 1 fully saturated rings. The monoisotopic (exact) mass is 299 g/mol. The Morgan fingerprint density at radius 3 is 2.82 bits per heavy atom. The standard InChI is InChI=1S/C17H21N3O2/c1-11-12-5-3-4-6-13(12)19-15(21)14(11)16(22)20-8-7-17(2,9-18)10-20/h3-6H,7-10,18H2,1-2H3,(H,19,21). The maximum Gasteiger partial charge on any atom is 0.261 e. The van der Waals surface area contributed by atoms with Gasteiger partial charge in [-0.15, -0.1) is 0 Å². The van der Waals surface area contributed by atoms with Crippen LogP contribution in [0.5, 0.6) is 0 Å². The van der Waals surface area contributed by atoms with Crippen LogP contribution in [0.3, 0.4) is 0 Å². The molecular formula is C17H21N3O2. The van der Waals surface area contributed by atoms with Crippen LogP contribution in [0, 0.1) is 12.3 Å². The normalized spacial score (nSPS) is 21.5. The van der Waals surface area contributed by atoms with Gasteiger partial charge in [0.15, 0.2) is 0 Å². The molecule has 0 saturated carbocycles. The lowest BCUT2D eigenvalue weighted by atomic mass is 9.90. The maximum atomic E-state index is 12.8. The van der Waals surface area contributed by atoms with E-state index in [1.54, 1.807) is 4.90 Å². The van der Waals surface area contributed by atoms with Crippen molar-refractivity contribution in [3.05, 3.63) is 45.7 Å². The van der Waals surface area contributed by atoms with Crippen molar-refractivity contribution < 1.29 is 4.79 Å². The van der Waals surface area contributed by atoms with Gasteiger partial charge in [0.05, 0.1) is 0 Å². The van der Waals surface area contributed by atoms with E-state index in [2.05, 4.69) is 11.9 Å². The fourth-order valence-corrected chi connectivity index (χ4v) is 3.19. The molecule has 0 bridgehead atoms. The second-order valence-electron chi connectivity index (χ2n) is 6.49. The average Bonchev–Trinajstić information content (AvgIpc) is 2.90. The second-order valence-corrected chi connectivity index (χ2v) is 6.49. The Morgan fingerprint density at radius 1 is 1.41 bits per heavy atom. The number of rotatable bonds is 2. The maximum absolute atomic E-state index is 12.8. The van der Waals surface area contributed by atoms with Crippen LogP contribution < -0.4 is 11.3 Å². The Kier molecular flexibility index (Phi) is 3.53. The number of carbonyl (C=O) groups is 1. The number of para-hydroxylation sites is 1. The number of hydrogen-bond acceptors (Lipinski definition) is 3. The van der Waals surface area contributed by atoms with E-state index in [-0.39, 0.29) is 22.4 Å². The summed E-state index contributed by atoms with van der Waals surface area (Å²) in [7, 11) is 0. The van der Waals surface area contributed by atoms with Crippen LogP contribution in [-0.4, -0.2) is 35.4 Å². The molecule has 1 unspecified atom stereocenters. The van der Waals surface area contributed by atoms with E-state index < -0.39 is 0 Å². The highest BCUT2D eigenvalue weighted by Gasteiger charge is 2.36. The topological polar surface area (TPSA) is 79.2 Å². The van der Waals surface area contributed by atoms with Gasteiger partial charge in [-0.2, -0.15) is 0 Å². The molecule has 1 amide bonds. The minimum Gasteiger partial charge on any atom is -0.338 e. The lowest BCUT2D eigenvalue weighted by Crippen LogP contribution is -2.37. The predicted molar refractivity (Wildman–Crippen MR) is 87.0 cm³/mol. The summed E-state index contributed by atoms with van der Waals surface area (Å²) in [6, 6.07) is 7.54. The van der Waals surface area contributed by atoms with Gasteiger partial charge >= 0.3 is 0 Å². The Hall–Kier alpha value is -2.14. The van der Waals surface area contributed by atoms with Crippen molar-refractivity contribution in [1.82, 2.24) is 9.88 Å². The summed E-state index contributed by atoms with van der Waals surface area (Å²) in [5.74, 6) is -0.193. The molecule has 0 radical (unpaired) electrons. The van der Waals surface area contributed by atoms with E-state index in [0.717, 1.165) is 22.9 Å². The molecule has 1 aromatic heterocycles. The van der Waals surface area contributed by atoms with Crippen molar-refractivity contribution >= 4 is 16.8 Å². The first-order chi connectivity index (χ1) is 10.4. The number of pyridine rings is 1. The van der Waals surface area contributed by atoms with Crippen LogP contribution in [0.15, 0.2) is 29.1 Å². The molecule has 0 aliphatic carbocycles. The Labute approximate surface area is 129 Å². The fourth-order valence-electron chi connectivity index (χ4n) is 3.19. The van der Waals surface area contributed by atoms with E-state index in [1.165, 1.54) is 0 Å². The molecule has 0 spiro atoms. The summed E-state index contributed by atoms with van der Waals surface area (Å²) in [4.78, 5) is 29.7. The van der Waals surface area contributed by atoms with E-state index in [4.69, 9.17) is 5.73 Å². The quantitative estimate of drug-likeness (QED) is 0.885. The van der Waals surface area contributed by atoms with Crippen LogP contribution in [0.4, 0.5) is 0 Å². The summed E-state index contributed by atoms with van der Waals surface area (Å²) in [6.07, 6.45) is 0.875. The third-order valence-electron chi connectivity index (χ3n) is 4.73. The first kappa shape index (κ1) is 14.8. The Bertz CT molecular complexity index is 796. The van der Waals surface area contributed by atoms with Crippen molar-refractivity contribution in [3.63, 3.8) is 0 Å². The largest absolute Gasteiger partial charge is 0.338 e. The first-order valence-corrected chi connectivity index (χ1v) is 7.56. The van der Waals surface area contributed by atoms with E-state index in [9.17, 15) is 9.59 Å². The highest BCUT2D eigenvalue weighted by molar-refractivity contribution is 6.00. The lowest BCUT2D eigenvalue weighted by molar-refractivity contribution is 0.0774. The number of nitrogens with zero attached hydrogens (tertiary/aromatic N) is 1. The van der Waals surface area contributed by atoms with Gasteiger partial charge in [0, 0.05) is 24.0 Å². The van der Waals surface area contributed by atoms with Crippen LogP contribution in [0.2, 0.25) is 0 Å². The number of likely N-dealkylation sites (tertiary alicyclic amines) is 1. The number of hydrogen-bond donors (Lipinski definition) is 2. The Morgan fingerprint density at radius 2 is 2.14 bits per heavy atom. The van der Waals surface area contributed by atoms with Crippen LogP contribution >= 0.6 is 0 Å². The molecule has 1 aromatic carbocycles. The zero-order valence-corrected chi connectivity index (χ0v) is 13.0. The molecule has 2 heterocycles. The minimum absolute atomic E-state index is 0.0484. The molecule has 2 aromatic rings. The summed E-state index contributed by atoms with van der Waals surface area (Å²) in [6.45, 7) is 5.72. The van der Waals surface area contributed by atoms with Gasteiger partial charge in [-0.3, -0.25) is 9.59 Å². The Balaban J connectivity index is 2.04. The van der Waals surface area contributed by atoms with Crippen molar-refractivity contribution in [3.8, 4) is 0 Å². The number of aryl methyl sites for hydroxylation is 1. The summed E-state index contributed by atoms with van der Waals surface area (Å²) >= 11 is 0. The molecule has 5 heteroatoms. The van der Waals surface area contributed by atoms with Gasteiger partial charge in [-0.05, 0) is 36.9 Å². The summed E-state index contributed by atoms with van der Waals surface area (Å²) in [5.41, 5.74) is 7.18. The smallest absolute Gasteiger partial charge is 0.261 e. The average molecular weight is 299 g/mol. The number of aromatic nitrogens is 1.